The van der Waals surface area contributed by atoms with Crippen molar-refractivity contribution in [3.63, 3.8) is 0 Å². The van der Waals surface area contributed by atoms with E-state index in [1.165, 1.54) is 0 Å². The molecule has 1 atom stereocenters. The maximum atomic E-state index is 12.0. The third-order valence-electron chi connectivity index (χ3n) is 2.51. The summed E-state index contributed by atoms with van der Waals surface area (Å²) in [6.07, 6.45) is -4.87. The molecule has 0 spiro atoms. The van der Waals surface area contributed by atoms with Gasteiger partial charge in [0.15, 0.2) is 0 Å². The zero-order chi connectivity index (χ0) is 14.4. The smallest absolute Gasteiger partial charge is 0.377 e. The molecule has 0 fully saturated rings. The van der Waals surface area contributed by atoms with E-state index in [0.717, 1.165) is 0 Å². The van der Waals surface area contributed by atoms with Crippen molar-refractivity contribution in [2.24, 2.45) is 5.92 Å². The number of nitrogens with one attached hydrogen (secondary N) is 1. The van der Waals surface area contributed by atoms with Gasteiger partial charge in [-0.1, -0.05) is 13.8 Å². The molecule has 0 radical (unpaired) electrons. The second-order valence-electron chi connectivity index (χ2n) is 6.00. The Balaban J connectivity index is 3.92. The van der Waals surface area contributed by atoms with Gasteiger partial charge in [-0.2, -0.15) is 13.2 Å². The number of halogens is 3. The Bertz CT molecular complexity index is 221. The predicted octanol–water partition coefficient (Wildman–Crippen LogP) is 3.76. The van der Waals surface area contributed by atoms with Crippen LogP contribution < -0.4 is 5.32 Å². The summed E-state index contributed by atoms with van der Waals surface area (Å²) in [6.45, 7) is 11.0. The predicted molar refractivity (Wildman–Crippen MR) is 67.6 cm³/mol. The highest BCUT2D eigenvalue weighted by Crippen LogP contribution is 2.21. The molecule has 0 aliphatic heterocycles. The SMILES string of the molecule is CC(C)C(CNC(C)(C)C)OCCCC(F)(F)F. The van der Waals surface area contributed by atoms with Crippen LogP contribution in [0.1, 0.15) is 47.5 Å². The zero-order valence-corrected chi connectivity index (χ0v) is 12.0. The summed E-state index contributed by atoms with van der Waals surface area (Å²) in [6, 6.07) is 0. The fourth-order valence-corrected chi connectivity index (χ4v) is 1.40. The van der Waals surface area contributed by atoms with Gasteiger partial charge in [0.2, 0.25) is 0 Å². The summed E-state index contributed by atoms with van der Waals surface area (Å²) in [7, 11) is 0. The second kappa shape index (κ2) is 7.34. The summed E-state index contributed by atoms with van der Waals surface area (Å²) in [5, 5.41) is 3.31. The number of alkyl halides is 3. The van der Waals surface area contributed by atoms with Crippen molar-refractivity contribution in [1.82, 2.24) is 5.32 Å². The van der Waals surface area contributed by atoms with E-state index in [0.29, 0.717) is 6.54 Å². The summed E-state index contributed by atoms with van der Waals surface area (Å²) >= 11 is 0. The molecule has 0 bridgehead atoms. The lowest BCUT2D eigenvalue weighted by Crippen LogP contribution is -2.43. The molecule has 0 saturated heterocycles. The molecule has 18 heavy (non-hydrogen) atoms. The van der Waals surface area contributed by atoms with Gasteiger partial charge in [-0.15, -0.1) is 0 Å². The molecule has 0 rings (SSSR count). The van der Waals surface area contributed by atoms with Gasteiger partial charge in [0, 0.05) is 25.1 Å². The highest BCUT2D eigenvalue weighted by Gasteiger charge is 2.26. The van der Waals surface area contributed by atoms with Gasteiger partial charge in [0.05, 0.1) is 6.10 Å². The first-order valence-corrected chi connectivity index (χ1v) is 6.44. The van der Waals surface area contributed by atoms with Gasteiger partial charge in [0.1, 0.15) is 0 Å². The van der Waals surface area contributed by atoms with Crippen LogP contribution in [0.25, 0.3) is 0 Å². The van der Waals surface area contributed by atoms with E-state index in [2.05, 4.69) is 5.32 Å². The standard InChI is InChI=1S/C13H26F3NO/c1-10(2)11(9-17-12(3,4)5)18-8-6-7-13(14,15)16/h10-11,17H,6-9H2,1-5H3. The van der Waals surface area contributed by atoms with Crippen LogP contribution in [0.4, 0.5) is 13.2 Å². The number of ether oxygens (including phenoxy) is 1. The van der Waals surface area contributed by atoms with Gasteiger partial charge >= 0.3 is 6.18 Å². The molecule has 0 aromatic heterocycles. The lowest BCUT2D eigenvalue weighted by molar-refractivity contribution is -0.139. The largest absolute Gasteiger partial charge is 0.389 e. The summed E-state index contributed by atoms with van der Waals surface area (Å²) < 4.78 is 41.5. The molecule has 0 heterocycles. The molecule has 0 aliphatic carbocycles. The van der Waals surface area contributed by atoms with Crippen LogP contribution in [0.15, 0.2) is 0 Å². The number of rotatable bonds is 7. The average Bonchev–Trinajstić information content (AvgIpc) is 2.12. The minimum atomic E-state index is -4.08. The second-order valence-corrected chi connectivity index (χ2v) is 6.00. The molecule has 0 aromatic rings. The molecule has 0 aliphatic rings. The average molecular weight is 269 g/mol. The topological polar surface area (TPSA) is 21.3 Å². The van der Waals surface area contributed by atoms with E-state index in [-0.39, 0.29) is 30.6 Å². The normalized spacial score (nSPS) is 15.2. The molecule has 2 nitrogen and oxygen atoms in total. The molecular weight excluding hydrogens is 243 g/mol. The Morgan fingerprint density at radius 2 is 1.67 bits per heavy atom. The fourth-order valence-electron chi connectivity index (χ4n) is 1.40. The molecule has 1 N–H and O–H groups in total. The fraction of sp³-hybridized carbons (Fsp3) is 1.00. The number of hydrogen-bond donors (Lipinski definition) is 1. The highest BCUT2D eigenvalue weighted by atomic mass is 19.4. The molecule has 0 saturated carbocycles. The lowest BCUT2D eigenvalue weighted by Gasteiger charge is -2.27. The Morgan fingerprint density at radius 1 is 1.11 bits per heavy atom. The summed E-state index contributed by atoms with van der Waals surface area (Å²) in [4.78, 5) is 0. The van der Waals surface area contributed by atoms with Crippen molar-refractivity contribution < 1.29 is 17.9 Å². The zero-order valence-electron chi connectivity index (χ0n) is 12.0. The van der Waals surface area contributed by atoms with Crippen molar-refractivity contribution in [2.45, 2.75) is 65.3 Å². The van der Waals surface area contributed by atoms with Crippen LogP contribution >= 0.6 is 0 Å². The molecule has 0 aromatic carbocycles. The van der Waals surface area contributed by atoms with Crippen LogP contribution in [0.2, 0.25) is 0 Å². The van der Waals surface area contributed by atoms with E-state index < -0.39 is 12.6 Å². The van der Waals surface area contributed by atoms with Crippen LogP contribution in [0.3, 0.4) is 0 Å². The van der Waals surface area contributed by atoms with Crippen molar-refractivity contribution in [3.05, 3.63) is 0 Å². The molecule has 0 amide bonds. The van der Waals surface area contributed by atoms with E-state index in [1.807, 2.05) is 34.6 Å². The summed E-state index contributed by atoms with van der Waals surface area (Å²) in [5.74, 6) is 0.283. The Labute approximate surface area is 108 Å². The first-order valence-electron chi connectivity index (χ1n) is 6.44. The van der Waals surface area contributed by atoms with Crippen molar-refractivity contribution in [3.8, 4) is 0 Å². The maximum Gasteiger partial charge on any atom is 0.389 e. The minimum absolute atomic E-state index is 0.0114. The van der Waals surface area contributed by atoms with Gasteiger partial charge in [-0.3, -0.25) is 0 Å². The Morgan fingerprint density at radius 3 is 2.06 bits per heavy atom. The van der Waals surface area contributed by atoms with Crippen molar-refractivity contribution in [2.75, 3.05) is 13.2 Å². The molecular formula is C13H26F3NO. The third kappa shape index (κ3) is 10.8. The van der Waals surface area contributed by atoms with Crippen LogP contribution in [0.5, 0.6) is 0 Å². The Hall–Kier alpha value is -0.290. The van der Waals surface area contributed by atoms with E-state index in [9.17, 15) is 13.2 Å². The minimum Gasteiger partial charge on any atom is -0.377 e. The van der Waals surface area contributed by atoms with Crippen LogP contribution in [-0.4, -0.2) is 31.0 Å². The number of hydrogen-bond acceptors (Lipinski definition) is 2. The van der Waals surface area contributed by atoms with Crippen LogP contribution in [-0.2, 0) is 4.74 Å². The Kier molecular flexibility index (Phi) is 7.22. The van der Waals surface area contributed by atoms with Gasteiger partial charge in [-0.25, -0.2) is 0 Å². The van der Waals surface area contributed by atoms with E-state index in [4.69, 9.17) is 4.74 Å². The quantitative estimate of drug-likeness (QED) is 0.711. The van der Waals surface area contributed by atoms with Gasteiger partial charge < -0.3 is 10.1 Å². The monoisotopic (exact) mass is 269 g/mol. The molecule has 1 unspecified atom stereocenters. The van der Waals surface area contributed by atoms with Crippen LogP contribution in [0, 0.1) is 5.92 Å². The van der Waals surface area contributed by atoms with Crippen molar-refractivity contribution >= 4 is 0 Å². The first kappa shape index (κ1) is 17.7. The lowest BCUT2D eigenvalue weighted by atomic mass is 10.0. The first-order chi connectivity index (χ1) is 8.01. The van der Waals surface area contributed by atoms with E-state index in [1.54, 1.807) is 0 Å². The van der Waals surface area contributed by atoms with Gasteiger partial charge in [-0.05, 0) is 33.1 Å². The highest BCUT2D eigenvalue weighted by molar-refractivity contribution is 4.75. The van der Waals surface area contributed by atoms with Gasteiger partial charge in [0.25, 0.3) is 0 Å². The van der Waals surface area contributed by atoms with Crippen molar-refractivity contribution in [1.29, 1.82) is 0 Å². The molecule has 110 valence electrons. The maximum absolute atomic E-state index is 12.0. The third-order valence-corrected chi connectivity index (χ3v) is 2.51. The van der Waals surface area contributed by atoms with E-state index >= 15 is 0 Å². The summed E-state index contributed by atoms with van der Waals surface area (Å²) in [5.41, 5.74) is -0.0114. The molecule has 5 heteroatoms.